The van der Waals surface area contributed by atoms with Gasteiger partial charge in [0.15, 0.2) is 11.4 Å². The molecule has 0 radical (unpaired) electrons. The zero-order valence-corrected chi connectivity index (χ0v) is 16.7. The number of nitrogens with one attached hydrogen (secondary N) is 1. The van der Waals surface area contributed by atoms with Gasteiger partial charge in [-0.2, -0.15) is 0 Å². The van der Waals surface area contributed by atoms with Crippen molar-refractivity contribution in [3.05, 3.63) is 53.9 Å². The molecule has 1 N–H and O–H groups in total. The van der Waals surface area contributed by atoms with Crippen molar-refractivity contribution >= 4 is 28.8 Å². The number of amides is 3. The Labute approximate surface area is 173 Å². The molecule has 1 aromatic carbocycles. The predicted molar refractivity (Wildman–Crippen MR) is 109 cm³/mol. The second-order valence-corrected chi connectivity index (χ2v) is 7.15. The van der Waals surface area contributed by atoms with Crippen LogP contribution in [0.25, 0.3) is 11.0 Å². The first kappa shape index (κ1) is 19.7. The number of fused-ring (bicyclic) bond motifs is 2. The molecular weight excluding hydrogens is 384 g/mol. The normalized spacial score (nSPS) is 13.2. The zero-order valence-electron chi connectivity index (χ0n) is 16.7. The van der Waals surface area contributed by atoms with Gasteiger partial charge in [0, 0.05) is 45.4 Å². The van der Waals surface area contributed by atoms with Crippen LogP contribution in [0.15, 0.2) is 36.7 Å². The lowest BCUT2D eigenvalue weighted by molar-refractivity contribution is -0.121. The highest BCUT2D eigenvalue weighted by Gasteiger charge is 2.37. The largest absolute Gasteiger partial charge is 0.356 e. The van der Waals surface area contributed by atoms with Crippen LogP contribution >= 0.6 is 0 Å². The van der Waals surface area contributed by atoms with Crippen LogP contribution in [0, 0.1) is 0 Å². The number of nitrogens with zero attached hydrogens (tertiary/aromatic N) is 5. The molecule has 9 heteroatoms. The van der Waals surface area contributed by atoms with Crippen molar-refractivity contribution in [2.45, 2.75) is 25.7 Å². The number of imide groups is 1. The Bertz CT molecular complexity index is 1090. The number of para-hydroxylation sites is 2. The summed E-state index contributed by atoms with van der Waals surface area (Å²) in [5, 5.41) is 2.88. The number of carbonyl (C=O) groups excluding carboxylic acids is 3. The molecule has 0 saturated carbocycles. The second kappa shape index (κ2) is 8.40. The number of carbonyl (C=O) groups is 3. The van der Waals surface area contributed by atoms with Gasteiger partial charge in [0.05, 0.1) is 11.0 Å². The molecule has 0 unspecified atom stereocenters. The quantitative estimate of drug-likeness (QED) is 0.448. The highest BCUT2D eigenvalue weighted by atomic mass is 16.2. The van der Waals surface area contributed by atoms with Crippen LogP contribution in [0.3, 0.4) is 0 Å². The summed E-state index contributed by atoms with van der Waals surface area (Å²) >= 11 is 0. The number of imidazole rings is 1. The highest BCUT2D eigenvalue weighted by molar-refractivity contribution is 6.19. The van der Waals surface area contributed by atoms with Gasteiger partial charge in [-0.05, 0) is 25.0 Å². The van der Waals surface area contributed by atoms with E-state index in [0.29, 0.717) is 13.0 Å². The Morgan fingerprint density at radius 2 is 1.73 bits per heavy atom. The fraction of sp³-hybridized carbons (Fsp3) is 0.333. The van der Waals surface area contributed by atoms with Crippen molar-refractivity contribution in [1.29, 1.82) is 0 Å². The van der Waals surface area contributed by atoms with Crippen molar-refractivity contribution in [1.82, 2.24) is 29.7 Å². The van der Waals surface area contributed by atoms with Gasteiger partial charge >= 0.3 is 0 Å². The monoisotopic (exact) mass is 406 g/mol. The maximum absolute atomic E-state index is 12.2. The minimum absolute atomic E-state index is 0.0777. The maximum Gasteiger partial charge on any atom is 0.281 e. The summed E-state index contributed by atoms with van der Waals surface area (Å²) in [6.45, 7) is 0.714. The van der Waals surface area contributed by atoms with Gasteiger partial charge in [0.25, 0.3) is 11.8 Å². The van der Waals surface area contributed by atoms with Gasteiger partial charge in [-0.1, -0.05) is 12.1 Å². The van der Waals surface area contributed by atoms with E-state index in [0.717, 1.165) is 34.6 Å². The van der Waals surface area contributed by atoms with E-state index < -0.39 is 11.8 Å². The fourth-order valence-electron chi connectivity index (χ4n) is 3.58. The van der Waals surface area contributed by atoms with Crippen LogP contribution in [-0.2, 0) is 18.3 Å². The third-order valence-corrected chi connectivity index (χ3v) is 5.16. The van der Waals surface area contributed by atoms with E-state index >= 15 is 0 Å². The van der Waals surface area contributed by atoms with Crippen LogP contribution in [0.5, 0.6) is 0 Å². The number of aromatic nitrogens is 4. The molecule has 0 saturated heterocycles. The molecule has 0 spiro atoms. The van der Waals surface area contributed by atoms with Crippen molar-refractivity contribution in [3.8, 4) is 0 Å². The van der Waals surface area contributed by atoms with E-state index in [9.17, 15) is 14.4 Å². The van der Waals surface area contributed by atoms with Gasteiger partial charge in [-0.25, -0.2) is 15.0 Å². The fourth-order valence-corrected chi connectivity index (χ4v) is 3.58. The number of aryl methyl sites for hydroxylation is 2. The van der Waals surface area contributed by atoms with E-state index in [1.54, 1.807) is 0 Å². The molecule has 3 heterocycles. The lowest BCUT2D eigenvalue weighted by Gasteiger charge is -2.12. The third kappa shape index (κ3) is 3.78. The minimum Gasteiger partial charge on any atom is -0.356 e. The molecule has 0 fully saturated rings. The number of rotatable bonds is 8. The molecule has 30 heavy (non-hydrogen) atoms. The van der Waals surface area contributed by atoms with E-state index in [4.69, 9.17) is 0 Å². The highest BCUT2D eigenvalue weighted by Crippen LogP contribution is 2.19. The van der Waals surface area contributed by atoms with Gasteiger partial charge < -0.3 is 9.88 Å². The van der Waals surface area contributed by atoms with Gasteiger partial charge in [0.2, 0.25) is 5.91 Å². The Balaban J connectivity index is 1.18. The molecule has 154 valence electrons. The van der Waals surface area contributed by atoms with Crippen LogP contribution in [-0.4, -0.2) is 55.2 Å². The van der Waals surface area contributed by atoms with E-state index in [1.165, 1.54) is 12.4 Å². The average molecular weight is 406 g/mol. The first-order valence-corrected chi connectivity index (χ1v) is 9.90. The standard InChI is InChI=1S/C21H22N6O3/c1-26-15-7-3-2-6-14(15)25-16(26)8-4-10-22-17(28)9-5-13-27-20(29)18-19(21(27)30)24-12-11-23-18/h2-3,6-7,11-12H,4-5,8-10,13H2,1H3,(H,22,28). The van der Waals surface area contributed by atoms with Gasteiger partial charge in [-0.3, -0.25) is 19.3 Å². The predicted octanol–water partition coefficient (Wildman–Crippen LogP) is 1.49. The first-order chi connectivity index (χ1) is 14.6. The average Bonchev–Trinajstić information content (AvgIpc) is 3.21. The number of benzene rings is 1. The molecule has 0 bridgehead atoms. The molecule has 0 aliphatic carbocycles. The SMILES string of the molecule is Cn1c(CCCNC(=O)CCCN2C(=O)c3nccnc3C2=O)nc2ccccc21. The summed E-state index contributed by atoms with van der Waals surface area (Å²) in [4.78, 5) is 50.1. The summed E-state index contributed by atoms with van der Waals surface area (Å²) < 4.78 is 2.07. The molecule has 9 nitrogen and oxygen atoms in total. The van der Waals surface area contributed by atoms with Gasteiger partial charge in [0.1, 0.15) is 5.82 Å². The third-order valence-electron chi connectivity index (χ3n) is 5.16. The van der Waals surface area contributed by atoms with Crippen molar-refractivity contribution < 1.29 is 14.4 Å². The molecular formula is C21H22N6O3. The summed E-state index contributed by atoms with van der Waals surface area (Å²) in [6, 6.07) is 7.98. The van der Waals surface area contributed by atoms with Crippen LogP contribution in [0.2, 0.25) is 0 Å². The van der Waals surface area contributed by atoms with E-state index in [1.807, 2.05) is 31.3 Å². The van der Waals surface area contributed by atoms with E-state index in [2.05, 4.69) is 24.8 Å². The first-order valence-electron chi connectivity index (χ1n) is 9.90. The molecule has 3 aromatic rings. The summed E-state index contributed by atoms with van der Waals surface area (Å²) in [6.07, 6.45) is 4.94. The summed E-state index contributed by atoms with van der Waals surface area (Å²) in [7, 11) is 1.99. The number of hydrogen-bond acceptors (Lipinski definition) is 6. The lowest BCUT2D eigenvalue weighted by Crippen LogP contribution is -2.32. The summed E-state index contributed by atoms with van der Waals surface area (Å²) in [5.74, 6) is -0.0249. The van der Waals surface area contributed by atoms with Crippen LogP contribution in [0.1, 0.15) is 46.1 Å². The molecule has 4 rings (SSSR count). The zero-order chi connectivity index (χ0) is 21.1. The molecule has 0 atom stereocenters. The molecule has 2 aromatic heterocycles. The topological polar surface area (TPSA) is 110 Å². The van der Waals surface area contributed by atoms with Crippen LogP contribution in [0.4, 0.5) is 0 Å². The maximum atomic E-state index is 12.2. The molecule has 1 aliphatic heterocycles. The van der Waals surface area contributed by atoms with Gasteiger partial charge in [-0.15, -0.1) is 0 Å². The Hall–Kier alpha value is -3.62. The minimum atomic E-state index is -0.453. The summed E-state index contributed by atoms with van der Waals surface area (Å²) in [5.41, 5.74) is 2.22. The Kier molecular flexibility index (Phi) is 5.51. The smallest absolute Gasteiger partial charge is 0.281 e. The Morgan fingerprint density at radius 3 is 2.43 bits per heavy atom. The van der Waals surface area contributed by atoms with Crippen LogP contribution < -0.4 is 5.32 Å². The Morgan fingerprint density at radius 1 is 1.03 bits per heavy atom. The molecule has 1 aliphatic rings. The second-order valence-electron chi connectivity index (χ2n) is 7.15. The van der Waals surface area contributed by atoms with Crippen molar-refractivity contribution in [2.75, 3.05) is 13.1 Å². The van der Waals surface area contributed by atoms with Crippen molar-refractivity contribution in [3.63, 3.8) is 0 Å². The number of hydrogen-bond donors (Lipinski definition) is 1. The molecule has 3 amide bonds. The lowest BCUT2D eigenvalue weighted by atomic mass is 10.2. The van der Waals surface area contributed by atoms with E-state index in [-0.39, 0.29) is 30.3 Å². The van der Waals surface area contributed by atoms with Crippen molar-refractivity contribution in [2.24, 2.45) is 7.05 Å².